The van der Waals surface area contributed by atoms with Gasteiger partial charge in [0.05, 0.1) is 12.2 Å². The Labute approximate surface area is 178 Å². The number of aromatic carboxylic acids is 1. The molecule has 0 aromatic carbocycles. The Hall–Kier alpha value is -1.24. The molecule has 6 heteroatoms. The predicted molar refractivity (Wildman–Crippen MR) is 115 cm³/mol. The molecule has 1 fully saturated rings. The molecule has 29 heavy (non-hydrogen) atoms. The molecule has 0 aliphatic heterocycles. The molecule has 4 atom stereocenters. The van der Waals surface area contributed by atoms with Crippen molar-refractivity contribution in [2.24, 2.45) is 11.8 Å². The van der Waals surface area contributed by atoms with Crippen LogP contribution in [0.25, 0.3) is 0 Å². The number of carbonyl (C=O) groups is 2. The highest BCUT2D eigenvalue weighted by molar-refractivity contribution is 7.13. The Morgan fingerprint density at radius 3 is 2.31 bits per heavy atom. The van der Waals surface area contributed by atoms with Crippen molar-refractivity contribution in [3.63, 3.8) is 0 Å². The number of carboxylic acids is 1. The van der Waals surface area contributed by atoms with Crippen molar-refractivity contribution in [1.29, 1.82) is 0 Å². The third-order valence-electron chi connectivity index (χ3n) is 6.17. The minimum Gasteiger partial charge on any atom is -0.477 e. The first-order chi connectivity index (χ1) is 13.9. The lowest BCUT2D eigenvalue weighted by atomic mass is 9.85. The van der Waals surface area contributed by atoms with Crippen LogP contribution in [0.3, 0.4) is 0 Å². The Bertz CT molecular complexity index is 641. The zero-order valence-corrected chi connectivity index (χ0v) is 18.3. The van der Waals surface area contributed by atoms with E-state index < -0.39 is 18.2 Å². The number of carbonyl (C=O) groups excluding carboxylic acids is 1. The summed E-state index contributed by atoms with van der Waals surface area (Å²) in [6.07, 6.45) is 9.20. The molecule has 0 bridgehead atoms. The third kappa shape index (κ3) is 7.83. The number of hydrogen-bond donors (Lipinski definition) is 3. The second-order valence-electron chi connectivity index (χ2n) is 8.40. The van der Waals surface area contributed by atoms with E-state index in [4.69, 9.17) is 5.11 Å². The molecule has 5 nitrogen and oxygen atoms in total. The van der Waals surface area contributed by atoms with Crippen LogP contribution in [0, 0.1) is 11.8 Å². The molecule has 0 amide bonds. The normalized spacial score (nSPS) is 24.1. The molecule has 1 aromatic heterocycles. The summed E-state index contributed by atoms with van der Waals surface area (Å²) in [5.41, 5.74) is 0. The minimum atomic E-state index is -0.898. The summed E-state index contributed by atoms with van der Waals surface area (Å²) >= 11 is 1.30. The zero-order valence-electron chi connectivity index (χ0n) is 17.5. The van der Waals surface area contributed by atoms with Gasteiger partial charge in [-0.15, -0.1) is 11.3 Å². The van der Waals surface area contributed by atoms with Crippen molar-refractivity contribution in [1.82, 2.24) is 0 Å². The molecule has 0 saturated heterocycles. The quantitative estimate of drug-likeness (QED) is 0.372. The van der Waals surface area contributed by atoms with Crippen LogP contribution >= 0.6 is 11.3 Å². The smallest absolute Gasteiger partial charge is 0.345 e. The Balaban J connectivity index is 1.74. The number of carboxylic acid groups (broad SMARTS) is 1. The van der Waals surface area contributed by atoms with Gasteiger partial charge in [-0.1, -0.05) is 32.6 Å². The summed E-state index contributed by atoms with van der Waals surface area (Å²) in [6.45, 7) is 2.18. The highest BCUT2D eigenvalue weighted by Crippen LogP contribution is 2.39. The van der Waals surface area contributed by atoms with Gasteiger partial charge in [-0.25, -0.2) is 4.79 Å². The van der Waals surface area contributed by atoms with Crippen molar-refractivity contribution in [2.45, 2.75) is 96.2 Å². The maximum Gasteiger partial charge on any atom is 0.345 e. The Morgan fingerprint density at radius 1 is 0.966 bits per heavy atom. The monoisotopic (exact) mass is 424 g/mol. The van der Waals surface area contributed by atoms with Crippen molar-refractivity contribution in [3.8, 4) is 0 Å². The molecule has 1 aromatic rings. The number of rotatable bonds is 14. The van der Waals surface area contributed by atoms with Gasteiger partial charge in [0, 0.05) is 17.7 Å². The second-order valence-corrected chi connectivity index (χ2v) is 9.57. The van der Waals surface area contributed by atoms with E-state index in [-0.39, 0.29) is 17.6 Å². The Kier molecular flexibility index (Phi) is 10.3. The summed E-state index contributed by atoms with van der Waals surface area (Å²) in [5.74, 6) is -0.632. The van der Waals surface area contributed by atoms with E-state index >= 15 is 0 Å². The van der Waals surface area contributed by atoms with Gasteiger partial charge in [0.15, 0.2) is 0 Å². The van der Waals surface area contributed by atoms with E-state index in [1.807, 2.05) is 6.07 Å². The molecule has 0 spiro atoms. The van der Waals surface area contributed by atoms with Crippen LogP contribution in [-0.4, -0.2) is 39.3 Å². The van der Waals surface area contributed by atoms with Gasteiger partial charge >= 0.3 is 5.97 Å². The van der Waals surface area contributed by atoms with E-state index in [1.54, 1.807) is 6.07 Å². The van der Waals surface area contributed by atoms with Crippen molar-refractivity contribution in [2.75, 3.05) is 0 Å². The van der Waals surface area contributed by atoms with E-state index in [1.165, 1.54) is 30.6 Å². The first kappa shape index (κ1) is 24.0. The topological polar surface area (TPSA) is 94.8 Å². The van der Waals surface area contributed by atoms with Gasteiger partial charge in [0.25, 0.3) is 0 Å². The minimum absolute atomic E-state index is 0.0151. The average molecular weight is 425 g/mol. The summed E-state index contributed by atoms with van der Waals surface area (Å²) in [4.78, 5) is 24.6. The number of hydrogen-bond acceptors (Lipinski definition) is 5. The van der Waals surface area contributed by atoms with Gasteiger partial charge in [0.2, 0.25) is 0 Å². The summed E-state index contributed by atoms with van der Waals surface area (Å²) in [7, 11) is 0. The van der Waals surface area contributed by atoms with Crippen LogP contribution in [0.5, 0.6) is 0 Å². The lowest BCUT2D eigenvalue weighted by Crippen LogP contribution is -2.23. The summed E-state index contributed by atoms with van der Waals surface area (Å²) in [6, 6.07) is 3.48. The van der Waals surface area contributed by atoms with Gasteiger partial charge in [-0.2, -0.15) is 0 Å². The molecule has 2 rings (SSSR count). The molecular weight excluding hydrogens is 388 g/mol. The fraction of sp³-hybridized carbons (Fsp3) is 0.739. The van der Waals surface area contributed by atoms with Crippen LogP contribution in [0.2, 0.25) is 0 Å². The molecule has 164 valence electrons. The number of thiophene rings is 1. The molecular formula is C23H36O5S. The predicted octanol–water partition coefficient (Wildman–Crippen LogP) is 4.84. The van der Waals surface area contributed by atoms with E-state index in [0.717, 1.165) is 37.0 Å². The number of unbranched alkanes of at least 4 members (excludes halogenated alkanes) is 4. The van der Waals surface area contributed by atoms with Gasteiger partial charge in [-0.3, -0.25) is 4.79 Å². The second kappa shape index (κ2) is 12.5. The van der Waals surface area contributed by atoms with Gasteiger partial charge in [0.1, 0.15) is 10.7 Å². The molecule has 0 unspecified atom stereocenters. The third-order valence-corrected chi connectivity index (χ3v) is 7.30. The zero-order chi connectivity index (χ0) is 21.2. The largest absolute Gasteiger partial charge is 0.477 e. The fourth-order valence-corrected chi connectivity index (χ4v) is 5.39. The van der Waals surface area contributed by atoms with Crippen molar-refractivity contribution >= 4 is 23.1 Å². The van der Waals surface area contributed by atoms with Crippen LogP contribution in [0.1, 0.15) is 92.1 Å². The van der Waals surface area contributed by atoms with Crippen LogP contribution in [0.4, 0.5) is 0 Å². The first-order valence-electron chi connectivity index (χ1n) is 11.1. The maximum absolute atomic E-state index is 12.2. The first-order valence-corrected chi connectivity index (χ1v) is 11.9. The SMILES string of the molecule is CCCCCCCC(=O)CC[C@@H]1[C@@H](CCCc2ccc(C(=O)O)s2)[C@@H](O)C[C@H]1O. The highest BCUT2D eigenvalue weighted by atomic mass is 32.1. The molecule has 1 heterocycles. The fourth-order valence-electron chi connectivity index (χ4n) is 4.50. The number of Topliss-reactive ketones (excluding diaryl/α,β-unsaturated/α-hetero) is 1. The highest BCUT2D eigenvalue weighted by Gasteiger charge is 2.40. The summed E-state index contributed by atoms with van der Waals surface area (Å²) in [5, 5.41) is 29.7. The van der Waals surface area contributed by atoms with E-state index in [2.05, 4.69) is 6.92 Å². The molecule has 1 aliphatic rings. The van der Waals surface area contributed by atoms with Gasteiger partial charge < -0.3 is 15.3 Å². The lowest BCUT2D eigenvalue weighted by molar-refractivity contribution is -0.119. The summed E-state index contributed by atoms with van der Waals surface area (Å²) < 4.78 is 0. The molecule has 3 N–H and O–H groups in total. The number of aliphatic hydroxyl groups excluding tert-OH is 2. The molecule has 1 aliphatic carbocycles. The number of aryl methyl sites for hydroxylation is 1. The van der Waals surface area contributed by atoms with Gasteiger partial charge in [-0.05, 0) is 62.5 Å². The number of aliphatic hydroxyl groups is 2. The standard InChI is InChI=1S/C23H36O5S/c1-2-3-4-5-6-8-16(24)11-13-19-18(20(25)15-21(19)26)10-7-9-17-12-14-22(29-17)23(27)28/h12,14,18-21,25-26H,2-11,13,15H2,1H3,(H,27,28)/t18-,19-,20+,21-/m1/s1. The van der Waals surface area contributed by atoms with Crippen LogP contribution in [0.15, 0.2) is 12.1 Å². The lowest BCUT2D eigenvalue weighted by Gasteiger charge is -2.23. The Morgan fingerprint density at radius 2 is 1.66 bits per heavy atom. The number of ketones is 1. The molecule has 1 saturated carbocycles. The van der Waals surface area contributed by atoms with Crippen molar-refractivity contribution < 1.29 is 24.9 Å². The van der Waals surface area contributed by atoms with E-state index in [0.29, 0.717) is 30.6 Å². The van der Waals surface area contributed by atoms with Crippen molar-refractivity contribution in [3.05, 3.63) is 21.9 Å². The average Bonchev–Trinajstić information content (AvgIpc) is 3.25. The van der Waals surface area contributed by atoms with Crippen LogP contribution < -0.4 is 0 Å². The molecule has 0 radical (unpaired) electrons. The maximum atomic E-state index is 12.2. The van der Waals surface area contributed by atoms with Crippen LogP contribution in [-0.2, 0) is 11.2 Å². The van der Waals surface area contributed by atoms with E-state index in [9.17, 15) is 19.8 Å².